The number of hydrogen-bond donors (Lipinski definition) is 0. The summed E-state index contributed by atoms with van der Waals surface area (Å²) in [5.74, 6) is 2.30. The van der Waals surface area contributed by atoms with Crippen molar-refractivity contribution in [2.24, 2.45) is 28.6 Å². The van der Waals surface area contributed by atoms with Gasteiger partial charge in [-0.25, -0.2) is 0 Å². The van der Waals surface area contributed by atoms with E-state index in [-0.39, 0.29) is 22.5 Å². The standard InChI is InChI=1S/C19H26O2/c1-18-8-3-4-15(18)14-6-5-12-10-13(20)7-9-19(12,2)17(14)16(21)11-18/h10,14-15,17H,3-9,11H2,1-2H3. The van der Waals surface area contributed by atoms with Crippen LogP contribution >= 0.6 is 0 Å². The van der Waals surface area contributed by atoms with E-state index >= 15 is 0 Å². The number of fused-ring (bicyclic) bond motifs is 5. The van der Waals surface area contributed by atoms with E-state index in [1.165, 1.54) is 24.8 Å². The van der Waals surface area contributed by atoms with Gasteiger partial charge in [-0.05, 0) is 60.8 Å². The zero-order valence-corrected chi connectivity index (χ0v) is 13.3. The summed E-state index contributed by atoms with van der Waals surface area (Å²) in [6.07, 6.45) is 10.2. The highest BCUT2D eigenvalue weighted by atomic mass is 16.1. The van der Waals surface area contributed by atoms with Gasteiger partial charge in [0, 0.05) is 18.8 Å². The summed E-state index contributed by atoms with van der Waals surface area (Å²) in [6, 6.07) is 0. The molecule has 3 saturated carbocycles. The first-order valence-corrected chi connectivity index (χ1v) is 8.71. The lowest BCUT2D eigenvalue weighted by Gasteiger charge is -2.56. The summed E-state index contributed by atoms with van der Waals surface area (Å²) in [6.45, 7) is 4.63. The fourth-order valence-electron chi connectivity index (χ4n) is 6.39. The van der Waals surface area contributed by atoms with Crippen molar-refractivity contribution in [3.63, 3.8) is 0 Å². The van der Waals surface area contributed by atoms with Crippen LogP contribution in [0.2, 0.25) is 0 Å². The first-order valence-electron chi connectivity index (χ1n) is 8.71. The smallest absolute Gasteiger partial charge is 0.155 e. The van der Waals surface area contributed by atoms with Crippen LogP contribution in [0.4, 0.5) is 0 Å². The number of carbonyl (C=O) groups is 2. The summed E-state index contributed by atoms with van der Waals surface area (Å²) >= 11 is 0. The van der Waals surface area contributed by atoms with Crippen LogP contribution in [0.3, 0.4) is 0 Å². The molecule has 0 radical (unpaired) electrons. The normalized spacial score (nSPS) is 49.2. The average molecular weight is 286 g/mol. The van der Waals surface area contributed by atoms with Crippen molar-refractivity contribution in [1.29, 1.82) is 0 Å². The molecular weight excluding hydrogens is 260 g/mol. The second-order valence-electron chi connectivity index (χ2n) is 8.53. The van der Waals surface area contributed by atoms with E-state index in [0.29, 0.717) is 18.1 Å². The van der Waals surface area contributed by atoms with E-state index in [2.05, 4.69) is 13.8 Å². The van der Waals surface area contributed by atoms with Crippen LogP contribution in [-0.4, -0.2) is 11.6 Å². The van der Waals surface area contributed by atoms with Gasteiger partial charge in [0.25, 0.3) is 0 Å². The molecule has 0 amide bonds. The molecule has 5 atom stereocenters. The highest BCUT2D eigenvalue weighted by Gasteiger charge is 2.59. The van der Waals surface area contributed by atoms with Gasteiger partial charge in [0.2, 0.25) is 0 Å². The lowest BCUT2D eigenvalue weighted by Crippen LogP contribution is -2.53. The van der Waals surface area contributed by atoms with Crippen molar-refractivity contribution in [3.05, 3.63) is 11.6 Å². The van der Waals surface area contributed by atoms with Crippen molar-refractivity contribution in [3.8, 4) is 0 Å². The van der Waals surface area contributed by atoms with Crippen molar-refractivity contribution in [2.75, 3.05) is 0 Å². The lowest BCUT2D eigenvalue weighted by molar-refractivity contribution is -0.144. The molecule has 0 heterocycles. The van der Waals surface area contributed by atoms with E-state index in [9.17, 15) is 9.59 Å². The van der Waals surface area contributed by atoms with Gasteiger partial charge in [-0.3, -0.25) is 9.59 Å². The van der Waals surface area contributed by atoms with Gasteiger partial charge in [0.15, 0.2) is 5.78 Å². The Labute approximate surface area is 127 Å². The van der Waals surface area contributed by atoms with E-state index in [1.807, 2.05) is 6.08 Å². The van der Waals surface area contributed by atoms with Gasteiger partial charge in [-0.2, -0.15) is 0 Å². The van der Waals surface area contributed by atoms with E-state index in [0.717, 1.165) is 31.6 Å². The van der Waals surface area contributed by atoms with E-state index in [4.69, 9.17) is 0 Å². The minimum Gasteiger partial charge on any atom is -0.299 e. The maximum atomic E-state index is 13.0. The molecule has 2 heteroatoms. The Balaban J connectivity index is 1.76. The Hall–Kier alpha value is -0.920. The molecule has 0 saturated heterocycles. The van der Waals surface area contributed by atoms with Crippen molar-refractivity contribution in [1.82, 2.24) is 0 Å². The zero-order chi connectivity index (χ0) is 14.8. The van der Waals surface area contributed by atoms with Gasteiger partial charge in [0.1, 0.15) is 5.78 Å². The van der Waals surface area contributed by atoms with Crippen LogP contribution in [0, 0.1) is 28.6 Å². The number of rotatable bonds is 0. The third-order valence-electron chi connectivity index (χ3n) is 7.42. The Bertz CT molecular complexity index is 546. The first-order chi connectivity index (χ1) is 9.94. The maximum Gasteiger partial charge on any atom is 0.155 e. The Morgan fingerprint density at radius 1 is 1.10 bits per heavy atom. The summed E-state index contributed by atoms with van der Waals surface area (Å²) < 4.78 is 0. The summed E-state index contributed by atoms with van der Waals surface area (Å²) in [5.41, 5.74) is 1.55. The second-order valence-corrected chi connectivity index (χ2v) is 8.53. The van der Waals surface area contributed by atoms with Gasteiger partial charge in [-0.1, -0.05) is 25.8 Å². The Morgan fingerprint density at radius 2 is 1.90 bits per heavy atom. The lowest BCUT2D eigenvalue weighted by atomic mass is 9.47. The average Bonchev–Trinajstić information content (AvgIpc) is 2.80. The molecule has 0 spiro atoms. The number of ketones is 2. The molecule has 0 aromatic rings. The monoisotopic (exact) mass is 286 g/mol. The number of hydrogen-bond acceptors (Lipinski definition) is 2. The fraction of sp³-hybridized carbons (Fsp3) is 0.789. The maximum absolute atomic E-state index is 13.0. The molecule has 3 fully saturated rings. The van der Waals surface area contributed by atoms with Crippen LogP contribution < -0.4 is 0 Å². The van der Waals surface area contributed by atoms with Gasteiger partial charge in [-0.15, -0.1) is 0 Å². The van der Waals surface area contributed by atoms with Crippen molar-refractivity contribution in [2.45, 2.75) is 65.2 Å². The van der Waals surface area contributed by atoms with Crippen molar-refractivity contribution >= 4 is 11.6 Å². The fourth-order valence-corrected chi connectivity index (χ4v) is 6.39. The molecule has 2 nitrogen and oxygen atoms in total. The third kappa shape index (κ3) is 1.77. The number of allylic oxidation sites excluding steroid dienone is 1. The van der Waals surface area contributed by atoms with Crippen LogP contribution in [0.15, 0.2) is 11.6 Å². The van der Waals surface area contributed by atoms with Crippen LogP contribution in [-0.2, 0) is 9.59 Å². The highest BCUT2D eigenvalue weighted by Crippen LogP contribution is 2.64. The SMILES string of the molecule is CC12CCCC1C1CCC3=CC(=O)CCC3(C)C1C(=O)C2. The van der Waals surface area contributed by atoms with Gasteiger partial charge in [0.05, 0.1) is 0 Å². The predicted octanol–water partition coefficient (Wildman–Crippen LogP) is 4.09. The first kappa shape index (κ1) is 13.7. The molecule has 114 valence electrons. The predicted molar refractivity (Wildman–Crippen MR) is 81.7 cm³/mol. The minimum absolute atomic E-state index is 0.0160. The molecular formula is C19H26O2. The number of Topliss-reactive ketones (excluding diaryl/α,β-unsaturated/α-hetero) is 1. The Morgan fingerprint density at radius 3 is 2.71 bits per heavy atom. The third-order valence-corrected chi connectivity index (χ3v) is 7.42. The van der Waals surface area contributed by atoms with Gasteiger partial charge < -0.3 is 0 Å². The molecule has 4 aliphatic carbocycles. The minimum atomic E-state index is -0.0160. The molecule has 5 unspecified atom stereocenters. The molecule has 4 aliphatic rings. The molecule has 0 aliphatic heterocycles. The quantitative estimate of drug-likeness (QED) is 0.672. The zero-order valence-electron chi connectivity index (χ0n) is 13.3. The highest BCUT2D eigenvalue weighted by molar-refractivity contribution is 5.93. The second kappa shape index (κ2) is 4.30. The molecule has 0 bridgehead atoms. The largest absolute Gasteiger partial charge is 0.299 e. The van der Waals surface area contributed by atoms with E-state index < -0.39 is 0 Å². The van der Waals surface area contributed by atoms with E-state index in [1.54, 1.807) is 0 Å². The molecule has 0 aromatic heterocycles. The van der Waals surface area contributed by atoms with Crippen molar-refractivity contribution < 1.29 is 9.59 Å². The van der Waals surface area contributed by atoms with Crippen LogP contribution in [0.5, 0.6) is 0 Å². The molecule has 0 aromatic carbocycles. The van der Waals surface area contributed by atoms with Crippen LogP contribution in [0.25, 0.3) is 0 Å². The molecule has 0 N–H and O–H groups in total. The summed E-state index contributed by atoms with van der Waals surface area (Å²) in [7, 11) is 0. The molecule has 4 rings (SSSR count). The Kier molecular flexibility index (Phi) is 2.81. The topological polar surface area (TPSA) is 34.1 Å². The number of carbonyl (C=O) groups excluding carboxylic acids is 2. The summed E-state index contributed by atoms with van der Waals surface area (Å²) in [4.78, 5) is 24.8. The van der Waals surface area contributed by atoms with Crippen LogP contribution in [0.1, 0.15) is 65.2 Å². The van der Waals surface area contributed by atoms with Gasteiger partial charge >= 0.3 is 0 Å². The summed E-state index contributed by atoms with van der Waals surface area (Å²) in [5, 5.41) is 0. The molecule has 21 heavy (non-hydrogen) atoms.